The van der Waals surface area contributed by atoms with Gasteiger partial charge in [0.15, 0.2) is 5.78 Å². The molecule has 2 aromatic rings. The van der Waals surface area contributed by atoms with E-state index in [2.05, 4.69) is 29.8 Å². The Morgan fingerprint density at radius 3 is 2.35 bits per heavy atom. The molecule has 0 fully saturated rings. The number of methoxy groups -OCH3 is 1. The lowest BCUT2D eigenvalue weighted by Crippen LogP contribution is -2.43. The van der Waals surface area contributed by atoms with Gasteiger partial charge >= 0.3 is 5.97 Å². The van der Waals surface area contributed by atoms with Crippen molar-refractivity contribution in [1.82, 2.24) is 0 Å². The minimum Gasteiger partial charge on any atom is -0.497 e. The number of carbonyl (C=O) groups excluding carboxylic acids is 2. The van der Waals surface area contributed by atoms with Crippen molar-refractivity contribution in [3.05, 3.63) is 81.2 Å². The Bertz CT molecular complexity index is 1180. The van der Waals surface area contributed by atoms with Crippen LogP contribution in [0.3, 0.4) is 0 Å². The van der Waals surface area contributed by atoms with Crippen molar-refractivity contribution in [2.75, 3.05) is 18.6 Å². The van der Waals surface area contributed by atoms with Crippen LogP contribution in [0.2, 0.25) is 0 Å². The average molecular weight is 525 g/mol. The number of nitrogens with zero attached hydrogens (tertiary/aromatic N) is 1. The van der Waals surface area contributed by atoms with Gasteiger partial charge in [0.25, 0.3) is 0 Å². The SMILES string of the molecule is CCOC(=O)C1=C(N)N(c2ccc(OC)cc2)C2=C(C(=O)CC(C)(C)C2)[C@H]1c1ccc(Br)cc1. The van der Waals surface area contributed by atoms with E-state index in [1.54, 1.807) is 14.0 Å². The zero-order chi connectivity index (χ0) is 24.6. The summed E-state index contributed by atoms with van der Waals surface area (Å²) < 4.78 is 11.7. The molecule has 0 unspecified atom stereocenters. The van der Waals surface area contributed by atoms with E-state index in [1.807, 2.05) is 53.4 Å². The van der Waals surface area contributed by atoms with E-state index in [-0.39, 0.29) is 29.2 Å². The van der Waals surface area contributed by atoms with Crippen molar-refractivity contribution in [3.8, 4) is 5.75 Å². The number of hydrogen-bond donors (Lipinski definition) is 1. The summed E-state index contributed by atoms with van der Waals surface area (Å²) in [5, 5.41) is 0. The highest BCUT2D eigenvalue weighted by atomic mass is 79.9. The second-order valence-corrected chi connectivity index (χ2v) is 10.3. The molecular weight excluding hydrogens is 496 g/mol. The first-order valence-corrected chi connectivity index (χ1v) is 12.1. The summed E-state index contributed by atoms with van der Waals surface area (Å²) in [5.41, 5.74) is 9.83. The quantitative estimate of drug-likeness (QED) is 0.524. The maximum Gasteiger partial charge on any atom is 0.338 e. The summed E-state index contributed by atoms with van der Waals surface area (Å²) in [6.07, 6.45) is 1.04. The maximum absolute atomic E-state index is 13.7. The molecule has 1 aliphatic heterocycles. The molecule has 34 heavy (non-hydrogen) atoms. The van der Waals surface area contributed by atoms with Crippen LogP contribution in [0, 0.1) is 5.41 Å². The van der Waals surface area contributed by atoms with Crippen LogP contribution in [0.25, 0.3) is 0 Å². The van der Waals surface area contributed by atoms with Crippen LogP contribution < -0.4 is 15.4 Å². The molecule has 6 nitrogen and oxygen atoms in total. The van der Waals surface area contributed by atoms with Crippen LogP contribution in [-0.2, 0) is 14.3 Å². The van der Waals surface area contributed by atoms with Crippen LogP contribution in [0.5, 0.6) is 5.75 Å². The molecule has 0 radical (unpaired) electrons. The van der Waals surface area contributed by atoms with Crippen molar-refractivity contribution in [3.63, 3.8) is 0 Å². The minimum absolute atomic E-state index is 0.0204. The Morgan fingerprint density at radius 2 is 1.76 bits per heavy atom. The van der Waals surface area contributed by atoms with E-state index in [4.69, 9.17) is 15.2 Å². The van der Waals surface area contributed by atoms with E-state index in [9.17, 15) is 9.59 Å². The van der Waals surface area contributed by atoms with Crippen molar-refractivity contribution >= 4 is 33.4 Å². The Morgan fingerprint density at radius 1 is 1.12 bits per heavy atom. The van der Waals surface area contributed by atoms with Gasteiger partial charge in [0.05, 0.1) is 25.2 Å². The fourth-order valence-electron chi connectivity index (χ4n) is 4.83. The van der Waals surface area contributed by atoms with Crippen molar-refractivity contribution in [2.45, 2.75) is 39.5 Å². The lowest BCUT2D eigenvalue weighted by molar-refractivity contribution is -0.138. The van der Waals surface area contributed by atoms with Gasteiger partial charge in [0.1, 0.15) is 11.6 Å². The normalized spacial score (nSPS) is 19.7. The molecule has 0 saturated heterocycles. The number of hydrogen-bond acceptors (Lipinski definition) is 6. The molecule has 1 aliphatic carbocycles. The summed E-state index contributed by atoms with van der Waals surface area (Å²) in [6, 6.07) is 15.1. The highest BCUT2D eigenvalue weighted by molar-refractivity contribution is 9.10. The predicted octanol–water partition coefficient (Wildman–Crippen LogP) is 5.44. The van der Waals surface area contributed by atoms with Gasteiger partial charge in [0.2, 0.25) is 0 Å². The minimum atomic E-state index is -0.597. The smallest absolute Gasteiger partial charge is 0.338 e. The third kappa shape index (κ3) is 4.37. The van der Waals surface area contributed by atoms with Gasteiger partial charge in [-0.2, -0.15) is 0 Å². The third-order valence-corrected chi connectivity index (χ3v) is 6.82. The van der Waals surface area contributed by atoms with Gasteiger partial charge in [-0.25, -0.2) is 4.79 Å². The standard InChI is InChI=1S/C27H29BrN2O4/c1-5-34-26(32)24-22(16-6-8-17(28)9-7-16)23-20(14-27(2,3)15-21(23)31)30(25(24)29)18-10-12-19(33-4)13-11-18/h6-13,22H,5,14-15,29H2,1-4H3/t22-/m1/s1. The van der Waals surface area contributed by atoms with E-state index in [0.29, 0.717) is 24.2 Å². The van der Waals surface area contributed by atoms with Crippen LogP contribution in [0.1, 0.15) is 45.1 Å². The number of anilines is 1. The van der Waals surface area contributed by atoms with Gasteiger partial charge in [-0.3, -0.25) is 9.69 Å². The number of rotatable bonds is 5. The number of allylic oxidation sites excluding steroid dienone is 2. The highest BCUT2D eigenvalue weighted by Crippen LogP contribution is 2.50. The molecule has 1 atom stereocenters. The molecular formula is C27H29BrN2O4. The second kappa shape index (κ2) is 9.29. The molecule has 2 aliphatic rings. The van der Waals surface area contributed by atoms with Crippen LogP contribution in [0.15, 0.2) is 75.7 Å². The molecule has 7 heteroatoms. The third-order valence-electron chi connectivity index (χ3n) is 6.29. The number of Topliss-reactive ketones (excluding diaryl/α,β-unsaturated/α-hetero) is 1. The van der Waals surface area contributed by atoms with E-state index in [0.717, 1.165) is 21.4 Å². The summed E-state index contributed by atoms with van der Waals surface area (Å²) in [7, 11) is 1.61. The maximum atomic E-state index is 13.7. The van der Waals surface area contributed by atoms with Crippen LogP contribution in [-0.4, -0.2) is 25.5 Å². The molecule has 0 amide bonds. The molecule has 2 aromatic carbocycles. The molecule has 0 saturated carbocycles. The van der Waals surface area contributed by atoms with Crippen LogP contribution >= 0.6 is 15.9 Å². The Labute approximate surface area is 208 Å². The van der Waals surface area contributed by atoms with Gasteiger partial charge in [-0.15, -0.1) is 0 Å². The summed E-state index contributed by atoms with van der Waals surface area (Å²) in [6.45, 7) is 6.12. The first-order valence-electron chi connectivity index (χ1n) is 11.3. The number of nitrogens with two attached hydrogens (primary N) is 1. The summed E-state index contributed by atoms with van der Waals surface area (Å²) in [5.74, 6) is -0.112. The fraction of sp³-hybridized carbons (Fsp3) is 0.333. The predicted molar refractivity (Wildman–Crippen MR) is 135 cm³/mol. The number of ether oxygens (including phenoxy) is 2. The summed E-state index contributed by atoms with van der Waals surface area (Å²) in [4.78, 5) is 28.8. The number of halogens is 1. The number of ketones is 1. The average Bonchev–Trinajstić information content (AvgIpc) is 2.78. The summed E-state index contributed by atoms with van der Waals surface area (Å²) >= 11 is 3.47. The highest BCUT2D eigenvalue weighted by Gasteiger charge is 2.46. The van der Waals surface area contributed by atoms with Gasteiger partial charge in [-0.1, -0.05) is 41.9 Å². The monoisotopic (exact) mass is 524 g/mol. The largest absolute Gasteiger partial charge is 0.497 e. The van der Waals surface area contributed by atoms with Gasteiger partial charge in [-0.05, 0) is 60.7 Å². The zero-order valence-corrected chi connectivity index (χ0v) is 21.4. The lowest BCUT2D eigenvalue weighted by atomic mass is 9.68. The van der Waals surface area contributed by atoms with Crippen molar-refractivity contribution < 1.29 is 19.1 Å². The fourth-order valence-corrected chi connectivity index (χ4v) is 5.10. The number of carbonyl (C=O) groups is 2. The van der Waals surface area contributed by atoms with Crippen molar-refractivity contribution in [1.29, 1.82) is 0 Å². The Kier molecular flexibility index (Phi) is 6.58. The van der Waals surface area contributed by atoms with E-state index in [1.165, 1.54) is 0 Å². The lowest BCUT2D eigenvalue weighted by Gasteiger charge is -2.44. The van der Waals surface area contributed by atoms with Gasteiger partial charge in [0, 0.05) is 27.9 Å². The van der Waals surface area contributed by atoms with E-state index >= 15 is 0 Å². The second-order valence-electron chi connectivity index (χ2n) is 9.34. The number of benzene rings is 2. The molecule has 2 N–H and O–H groups in total. The van der Waals surface area contributed by atoms with Crippen LogP contribution in [0.4, 0.5) is 5.69 Å². The topological polar surface area (TPSA) is 81.9 Å². The molecule has 0 bridgehead atoms. The van der Waals surface area contributed by atoms with Gasteiger partial charge < -0.3 is 15.2 Å². The Hall–Kier alpha value is -3.06. The molecule has 1 heterocycles. The number of esters is 1. The van der Waals surface area contributed by atoms with Crippen molar-refractivity contribution in [2.24, 2.45) is 11.1 Å². The first-order chi connectivity index (χ1) is 16.2. The first kappa shape index (κ1) is 24.1. The molecule has 0 aromatic heterocycles. The van der Waals surface area contributed by atoms with E-state index < -0.39 is 11.9 Å². The molecule has 4 rings (SSSR count). The molecule has 178 valence electrons. The zero-order valence-electron chi connectivity index (χ0n) is 19.9. The Balaban J connectivity index is 2.00. The molecule has 0 spiro atoms.